The number of rotatable bonds is 3. The fraction of sp³-hybridized carbons (Fsp3) is 0.143. The van der Waals surface area contributed by atoms with Crippen molar-refractivity contribution in [2.45, 2.75) is 13.5 Å². The fourth-order valence-corrected chi connectivity index (χ4v) is 3.44. The molecule has 4 rings (SSSR count). The number of nitrogens with one attached hydrogen (secondary N) is 1. The average molecular weight is 315 g/mol. The van der Waals surface area contributed by atoms with Crippen LogP contribution in [0.15, 0.2) is 67.5 Å². The third kappa shape index (κ3) is 2.21. The summed E-state index contributed by atoms with van der Waals surface area (Å²) in [6.45, 7) is 11.1. The number of hydrogen-bond acceptors (Lipinski definition) is 2. The monoisotopic (exact) mass is 315 g/mol. The minimum Gasteiger partial charge on any atom is -0.359 e. The molecule has 0 fully saturated rings. The molecule has 0 amide bonds. The number of allylic oxidation sites excluding steroid dienone is 1. The van der Waals surface area contributed by atoms with Crippen LogP contribution < -0.4 is 10.2 Å². The summed E-state index contributed by atoms with van der Waals surface area (Å²) in [6.07, 6.45) is 2.09. The summed E-state index contributed by atoms with van der Waals surface area (Å²) in [4.78, 5) is 2.28. The van der Waals surface area contributed by atoms with Crippen molar-refractivity contribution in [3.8, 4) is 0 Å². The summed E-state index contributed by atoms with van der Waals surface area (Å²) < 4.78 is 2.15. The molecule has 0 aliphatic carbocycles. The van der Waals surface area contributed by atoms with Gasteiger partial charge in [0.1, 0.15) is 0 Å². The van der Waals surface area contributed by atoms with Crippen molar-refractivity contribution in [3.63, 3.8) is 0 Å². The van der Waals surface area contributed by atoms with Gasteiger partial charge < -0.3 is 14.8 Å². The molecule has 0 spiro atoms. The van der Waals surface area contributed by atoms with E-state index in [4.69, 9.17) is 0 Å². The highest BCUT2D eigenvalue weighted by molar-refractivity contribution is 5.91. The second-order valence-electron chi connectivity index (χ2n) is 6.44. The molecule has 2 aromatic carbocycles. The zero-order valence-electron chi connectivity index (χ0n) is 14.1. The number of anilines is 2. The van der Waals surface area contributed by atoms with Crippen molar-refractivity contribution in [1.29, 1.82) is 0 Å². The number of benzene rings is 2. The van der Waals surface area contributed by atoms with E-state index in [2.05, 4.69) is 83.7 Å². The summed E-state index contributed by atoms with van der Waals surface area (Å²) in [5.74, 6) is 0. The van der Waals surface area contributed by atoms with Crippen LogP contribution in [0.1, 0.15) is 18.1 Å². The van der Waals surface area contributed by atoms with Crippen LogP contribution >= 0.6 is 0 Å². The first-order chi connectivity index (χ1) is 11.5. The molecule has 0 unspecified atom stereocenters. The van der Waals surface area contributed by atoms with Gasteiger partial charge in [-0.25, -0.2) is 0 Å². The number of aryl methyl sites for hydroxylation is 1. The van der Waals surface area contributed by atoms with Gasteiger partial charge in [-0.2, -0.15) is 0 Å². The normalized spacial score (nSPS) is 13.4. The minimum absolute atomic E-state index is 0.820. The second-order valence-corrected chi connectivity index (χ2v) is 6.44. The smallest absolute Gasteiger partial charge is 0.0509 e. The van der Waals surface area contributed by atoms with Gasteiger partial charge in [0.25, 0.3) is 0 Å². The van der Waals surface area contributed by atoms with Crippen molar-refractivity contribution in [2.75, 3.05) is 10.2 Å². The van der Waals surface area contributed by atoms with Crippen LogP contribution in [0.4, 0.5) is 11.4 Å². The maximum atomic E-state index is 4.33. The average Bonchev–Trinajstić information content (AvgIpc) is 3.09. The van der Waals surface area contributed by atoms with Gasteiger partial charge in [-0.3, -0.25) is 0 Å². The first kappa shape index (κ1) is 14.6. The Morgan fingerprint density at radius 3 is 2.79 bits per heavy atom. The summed E-state index contributed by atoms with van der Waals surface area (Å²) in [5.41, 5.74) is 7.99. The van der Waals surface area contributed by atoms with E-state index in [9.17, 15) is 0 Å². The highest BCUT2D eigenvalue weighted by atomic mass is 15.2. The van der Waals surface area contributed by atoms with E-state index in [1.807, 2.05) is 6.92 Å². The van der Waals surface area contributed by atoms with Gasteiger partial charge in [0.2, 0.25) is 0 Å². The van der Waals surface area contributed by atoms with E-state index in [0.29, 0.717) is 0 Å². The van der Waals surface area contributed by atoms with Crippen molar-refractivity contribution >= 4 is 28.0 Å². The van der Waals surface area contributed by atoms with Crippen molar-refractivity contribution in [1.82, 2.24) is 4.57 Å². The number of fused-ring (bicyclic) bond motifs is 2. The summed E-state index contributed by atoms with van der Waals surface area (Å²) in [5, 5.41) is 4.62. The lowest BCUT2D eigenvalue weighted by Gasteiger charge is -2.20. The molecule has 24 heavy (non-hydrogen) atoms. The van der Waals surface area contributed by atoms with Crippen LogP contribution in [-0.4, -0.2) is 4.57 Å². The Morgan fingerprint density at radius 2 is 2.00 bits per heavy atom. The predicted octanol–water partition coefficient (Wildman–Crippen LogP) is 5.11. The van der Waals surface area contributed by atoms with Crippen LogP contribution in [-0.2, 0) is 13.6 Å². The minimum atomic E-state index is 0.820. The molecule has 0 saturated carbocycles. The van der Waals surface area contributed by atoms with E-state index in [1.165, 1.54) is 27.7 Å². The molecule has 1 aliphatic heterocycles. The Kier molecular flexibility index (Phi) is 3.24. The Labute approximate surface area is 142 Å². The fourth-order valence-electron chi connectivity index (χ4n) is 3.44. The van der Waals surface area contributed by atoms with Gasteiger partial charge in [-0.05, 0) is 36.6 Å². The molecule has 3 heteroatoms. The molecule has 1 aliphatic rings. The molecule has 3 nitrogen and oxygen atoms in total. The lowest BCUT2D eigenvalue weighted by atomic mass is 10.1. The van der Waals surface area contributed by atoms with Crippen LogP contribution in [0.25, 0.3) is 16.6 Å². The molecule has 0 radical (unpaired) electrons. The van der Waals surface area contributed by atoms with E-state index in [-0.39, 0.29) is 0 Å². The van der Waals surface area contributed by atoms with Gasteiger partial charge in [-0.15, -0.1) is 0 Å². The lowest BCUT2D eigenvalue weighted by molar-refractivity contribution is 0.967. The molecule has 2 heterocycles. The molecule has 0 saturated heterocycles. The van der Waals surface area contributed by atoms with Crippen LogP contribution in [0.3, 0.4) is 0 Å². The summed E-state index contributed by atoms with van der Waals surface area (Å²) >= 11 is 0. The zero-order chi connectivity index (χ0) is 16.8. The largest absolute Gasteiger partial charge is 0.359 e. The van der Waals surface area contributed by atoms with E-state index in [0.717, 1.165) is 23.6 Å². The molecule has 0 bridgehead atoms. The third-order valence-corrected chi connectivity index (χ3v) is 4.66. The van der Waals surface area contributed by atoms with Gasteiger partial charge in [0, 0.05) is 52.7 Å². The Balaban J connectivity index is 1.76. The van der Waals surface area contributed by atoms with Crippen molar-refractivity contribution < 1.29 is 0 Å². The Morgan fingerprint density at radius 1 is 1.17 bits per heavy atom. The van der Waals surface area contributed by atoms with Gasteiger partial charge in [0.15, 0.2) is 0 Å². The molecule has 120 valence electrons. The SMILES string of the molecule is C=C(C)Nc1cccc2c1CN(c1ccc3ccn(C)c3c1)C2=C. The zero-order valence-corrected chi connectivity index (χ0v) is 14.1. The summed E-state index contributed by atoms with van der Waals surface area (Å²) in [7, 11) is 2.08. The van der Waals surface area contributed by atoms with Gasteiger partial charge in [0.05, 0.1) is 6.54 Å². The highest BCUT2D eigenvalue weighted by Crippen LogP contribution is 2.40. The summed E-state index contributed by atoms with van der Waals surface area (Å²) in [6, 6.07) is 15.0. The van der Waals surface area contributed by atoms with Crippen LogP contribution in [0, 0.1) is 0 Å². The first-order valence-corrected chi connectivity index (χ1v) is 8.11. The molecule has 0 atom stereocenters. The van der Waals surface area contributed by atoms with Crippen molar-refractivity contribution in [2.24, 2.45) is 7.05 Å². The lowest BCUT2D eigenvalue weighted by Crippen LogP contribution is -2.13. The predicted molar refractivity (Wildman–Crippen MR) is 103 cm³/mol. The highest BCUT2D eigenvalue weighted by Gasteiger charge is 2.26. The van der Waals surface area contributed by atoms with E-state index in [1.54, 1.807) is 0 Å². The third-order valence-electron chi connectivity index (χ3n) is 4.66. The maximum Gasteiger partial charge on any atom is 0.0509 e. The Hall–Kier alpha value is -2.94. The standard InChI is InChI=1S/C21H21N3/c1-14(2)22-20-7-5-6-18-15(3)24(13-19(18)20)17-9-8-16-10-11-23(4)21(16)12-17/h5-12,22H,1,3,13H2,2,4H3. The maximum absolute atomic E-state index is 4.33. The molecule has 3 aromatic rings. The van der Waals surface area contributed by atoms with E-state index < -0.39 is 0 Å². The molecule has 1 N–H and O–H groups in total. The first-order valence-electron chi connectivity index (χ1n) is 8.11. The van der Waals surface area contributed by atoms with E-state index >= 15 is 0 Å². The van der Waals surface area contributed by atoms with Gasteiger partial charge >= 0.3 is 0 Å². The quantitative estimate of drug-likeness (QED) is 0.724. The number of hydrogen-bond donors (Lipinski definition) is 1. The second kappa shape index (κ2) is 5.31. The van der Waals surface area contributed by atoms with Crippen molar-refractivity contribution in [3.05, 3.63) is 78.6 Å². The Bertz CT molecular complexity index is 978. The van der Waals surface area contributed by atoms with Crippen LogP contribution in [0.5, 0.6) is 0 Å². The number of nitrogens with zero attached hydrogens (tertiary/aromatic N) is 2. The number of aromatic nitrogens is 1. The molecular weight excluding hydrogens is 294 g/mol. The van der Waals surface area contributed by atoms with Gasteiger partial charge in [-0.1, -0.05) is 31.4 Å². The molecule has 1 aromatic heterocycles. The van der Waals surface area contributed by atoms with Crippen LogP contribution in [0.2, 0.25) is 0 Å². The topological polar surface area (TPSA) is 20.2 Å². The molecular formula is C21H21N3.